The molecule has 0 bridgehead atoms. The maximum Gasteiger partial charge on any atom is 0.161 e. The lowest BCUT2D eigenvalue weighted by Gasteiger charge is -2.36. The van der Waals surface area contributed by atoms with Gasteiger partial charge in [0.2, 0.25) is 0 Å². The van der Waals surface area contributed by atoms with E-state index in [1.165, 1.54) is 5.56 Å². The van der Waals surface area contributed by atoms with E-state index in [9.17, 15) is 0 Å². The summed E-state index contributed by atoms with van der Waals surface area (Å²) in [6, 6.07) is 18.4. The molecule has 0 aliphatic carbocycles. The van der Waals surface area contributed by atoms with Gasteiger partial charge < -0.3 is 28.6 Å². The molecule has 1 aliphatic rings. The molecule has 1 aliphatic heterocycles. The molecule has 3 aromatic rings. The first-order valence-electron chi connectivity index (χ1n) is 12.2. The SMILES string of the molecule is COc1ccc(-c2cc(OC)c(OC)cc2CCN2CCN(c3ccccc3OC)CC2)cc1OC. The van der Waals surface area contributed by atoms with Crippen LogP contribution >= 0.6 is 0 Å². The van der Waals surface area contributed by atoms with Crippen LogP contribution in [0.4, 0.5) is 5.69 Å². The predicted octanol–water partition coefficient (Wildman–Crippen LogP) is 4.76. The molecule has 0 atom stereocenters. The molecule has 4 rings (SSSR count). The van der Waals surface area contributed by atoms with E-state index in [4.69, 9.17) is 23.7 Å². The van der Waals surface area contributed by atoms with Crippen molar-refractivity contribution in [2.75, 3.05) is 73.2 Å². The van der Waals surface area contributed by atoms with Gasteiger partial charge in [-0.1, -0.05) is 18.2 Å². The van der Waals surface area contributed by atoms with Crippen molar-refractivity contribution in [2.45, 2.75) is 6.42 Å². The second kappa shape index (κ2) is 11.9. The molecule has 7 nitrogen and oxygen atoms in total. The molecule has 1 saturated heterocycles. The second-order valence-electron chi connectivity index (χ2n) is 8.68. The zero-order valence-electron chi connectivity index (χ0n) is 21.9. The largest absolute Gasteiger partial charge is 0.495 e. The quantitative estimate of drug-likeness (QED) is 0.404. The van der Waals surface area contributed by atoms with E-state index < -0.39 is 0 Å². The number of methoxy groups -OCH3 is 5. The van der Waals surface area contributed by atoms with Crippen molar-refractivity contribution >= 4 is 5.69 Å². The number of ether oxygens (including phenoxy) is 5. The van der Waals surface area contributed by atoms with Gasteiger partial charge >= 0.3 is 0 Å². The third kappa shape index (κ3) is 5.46. The highest BCUT2D eigenvalue weighted by Crippen LogP contribution is 2.39. The fraction of sp³-hybridized carbons (Fsp3) is 0.379. The fourth-order valence-corrected chi connectivity index (χ4v) is 4.78. The van der Waals surface area contributed by atoms with E-state index >= 15 is 0 Å². The van der Waals surface area contributed by atoms with Crippen LogP contribution in [0.25, 0.3) is 11.1 Å². The van der Waals surface area contributed by atoms with Crippen LogP contribution in [0, 0.1) is 0 Å². The highest BCUT2D eigenvalue weighted by atomic mass is 16.5. The van der Waals surface area contributed by atoms with Crippen LogP contribution in [0.3, 0.4) is 0 Å². The zero-order chi connectivity index (χ0) is 25.5. The summed E-state index contributed by atoms with van der Waals surface area (Å²) < 4.78 is 27.8. The Bertz CT molecular complexity index is 1160. The molecular formula is C29H36N2O5. The van der Waals surface area contributed by atoms with Gasteiger partial charge in [0.05, 0.1) is 41.2 Å². The number of anilines is 1. The van der Waals surface area contributed by atoms with Crippen molar-refractivity contribution in [3.8, 4) is 39.9 Å². The van der Waals surface area contributed by atoms with Gasteiger partial charge in [0.25, 0.3) is 0 Å². The summed E-state index contributed by atoms with van der Waals surface area (Å²) >= 11 is 0. The molecule has 0 amide bonds. The molecule has 1 fully saturated rings. The van der Waals surface area contributed by atoms with Gasteiger partial charge in [-0.2, -0.15) is 0 Å². The third-order valence-corrected chi connectivity index (χ3v) is 6.80. The fourth-order valence-electron chi connectivity index (χ4n) is 4.78. The Morgan fingerprint density at radius 3 is 1.89 bits per heavy atom. The number of nitrogens with zero attached hydrogens (tertiary/aromatic N) is 2. The molecule has 1 heterocycles. The monoisotopic (exact) mass is 492 g/mol. The van der Waals surface area contributed by atoms with E-state index in [1.54, 1.807) is 35.5 Å². The smallest absolute Gasteiger partial charge is 0.161 e. The number of benzene rings is 3. The van der Waals surface area contributed by atoms with Crippen molar-refractivity contribution in [2.24, 2.45) is 0 Å². The molecule has 0 unspecified atom stereocenters. The van der Waals surface area contributed by atoms with Crippen LogP contribution < -0.4 is 28.6 Å². The lowest BCUT2D eigenvalue weighted by molar-refractivity contribution is 0.260. The topological polar surface area (TPSA) is 52.6 Å². The average Bonchev–Trinajstić information content (AvgIpc) is 2.95. The highest BCUT2D eigenvalue weighted by molar-refractivity contribution is 5.73. The lowest BCUT2D eigenvalue weighted by atomic mass is 9.96. The first-order chi connectivity index (χ1) is 17.6. The molecule has 7 heteroatoms. The first kappa shape index (κ1) is 25.5. The van der Waals surface area contributed by atoms with Crippen molar-refractivity contribution in [3.63, 3.8) is 0 Å². The molecule has 36 heavy (non-hydrogen) atoms. The Balaban J connectivity index is 1.52. The van der Waals surface area contributed by atoms with E-state index in [0.717, 1.165) is 67.5 Å². The van der Waals surface area contributed by atoms with Gasteiger partial charge in [0.15, 0.2) is 23.0 Å². The molecule has 0 spiro atoms. The van der Waals surface area contributed by atoms with Crippen LogP contribution in [0.5, 0.6) is 28.7 Å². The summed E-state index contributed by atoms with van der Waals surface area (Å²) in [5, 5.41) is 0. The highest BCUT2D eigenvalue weighted by Gasteiger charge is 2.21. The van der Waals surface area contributed by atoms with Gasteiger partial charge in [-0.3, -0.25) is 4.90 Å². The Labute approximate surface area is 214 Å². The molecule has 0 saturated carbocycles. The minimum Gasteiger partial charge on any atom is -0.495 e. The maximum atomic E-state index is 5.62. The lowest BCUT2D eigenvalue weighted by Crippen LogP contribution is -2.47. The van der Waals surface area contributed by atoms with E-state index in [2.05, 4.69) is 40.1 Å². The Kier molecular flexibility index (Phi) is 8.44. The molecule has 0 N–H and O–H groups in total. The maximum absolute atomic E-state index is 5.62. The zero-order valence-corrected chi connectivity index (χ0v) is 21.9. The summed E-state index contributed by atoms with van der Waals surface area (Å²) in [5.41, 5.74) is 4.51. The minimum absolute atomic E-state index is 0.697. The Morgan fingerprint density at radius 2 is 1.22 bits per heavy atom. The van der Waals surface area contributed by atoms with Gasteiger partial charge in [-0.25, -0.2) is 0 Å². The van der Waals surface area contributed by atoms with Crippen molar-refractivity contribution in [1.82, 2.24) is 4.90 Å². The average molecular weight is 493 g/mol. The van der Waals surface area contributed by atoms with Crippen LogP contribution in [0.1, 0.15) is 5.56 Å². The molecule has 0 aromatic heterocycles. The minimum atomic E-state index is 0.697. The van der Waals surface area contributed by atoms with E-state index in [-0.39, 0.29) is 0 Å². The summed E-state index contributed by atoms with van der Waals surface area (Å²) in [5.74, 6) is 3.77. The molecule has 0 radical (unpaired) electrons. The number of hydrogen-bond acceptors (Lipinski definition) is 7. The summed E-state index contributed by atoms with van der Waals surface area (Å²) in [7, 11) is 8.37. The third-order valence-electron chi connectivity index (χ3n) is 6.80. The van der Waals surface area contributed by atoms with E-state index in [0.29, 0.717) is 17.2 Å². The number of rotatable bonds is 10. The van der Waals surface area contributed by atoms with Crippen molar-refractivity contribution in [3.05, 3.63) is 60.2 Å². The summed E-state index contributed by atoms with van der Waals surface area (Å²) in [6.45, 7) is 4.88. The number of para-hydroxylation sites is 2. The van der Waals surface area contributed by atoms with Crippen molar-refractivity contribution in [1.29, 1.82) is 0 Å². The van der Waals surface area contributed by atoms with Crippen LogP contribution in [-0.4, -0.2) is 73.2 Å². The van der Waals surface area contributed by atoms with E-state index in [1.807, 2.05) is 24.3 Å². The van der Waals surface area contributed by atoms with Crippen LogP contribution in [0.15, 0.2) is 54.6 Å². The predicted molar refractivity (Wildman–Crippen MR) is 143 cm³/mol. The van der Waals surface area contributed by atoms with Gasteiger partial charge in [0.1, 0.15) is 5.75 Å². The van der Waals surface area contributed by atoms with Gasteiger partial charge in [-0.15, -0.1) is 0 Å². The Hall–Kier alpha value is -3.58. The van der Waals surface area contributed by atoms with Gasteiger partial charge in [0, 0.05) is 32.7 Å². The normalized spacial score (nSPS) is 13.9. The number of hydrogen-bond donors (Lipinski definition) is 0. The molecule has 192 valence electrons. The summed E-state index contributed by atoms with van der Waals surface area (Å²) in [6.07, 6.45) is 0.888. The molecule has 3 aromatic carbocycles. The van der Waals surface area contributed by atoms with Gasteiger partial charge in [-0.05, 0) is 59.5 Å². The molecular weight excluding hydrogens is 456 g/mol. The van der Waals surface area contributed by atoms with Crippen LogP contribution in [0.2, 0.25) is 0 Å². The number of piperazine rings is 1. The standard InChI is InChI=1S/C29H36N2O5/c1-32-25-9-7-6-8-24(25)31-16-14-30(15-17-31)13-12-22-19-28(35-4)29(36-5)20-23(22)21-10-11-26(33-2)27(18-21)34-3/h6-11,18-20H,12-17H2,1-5H3. The van der Waals surface area contributed by atoms with Crippen molar-refractivity contribution < 1.29 is 23.7 Å². The Morgan fingerprint density at radius 1 is 0.611 bits per heavy atom. The first-order valence-corrected chi connectivity index (χ1v) is 12.2. The van der Waals surface area contributed by atoms with Crippen LogP contribution in [-0.2, 0) is 6.42 Å². The second-order valence-corrected chi connectivity index (χ2v) is 8.68. The summed E-state index contributed by atoms with van der Waals surface area (Å²) in [4.78, 5) is 4.92.